The summed E-state index contributed by atoms with van der Waals surface area (Å²) in [5.41, 5.74) is 1.86. The summed E-state index contributed by atoms with van der Waals surface area (Å²) in [5.74, 6) is 1.59. The van der Waals surface area contributed by atoms with Gasteiger partial charge in [0.2, 0.25) is 0 Å². The second kappa shape index (κ2) is 4.47. The predicted molar refractivity (Wildman–Crippen MR) is 77.1 cm³/mol. The highest BCUT2D eigenvalue weighted by Crippen LogP contribution is 2.40. The SMILES string of the molecule is Clc1ccc2nc(Sc3nc(C4CC4)ns3)[nH]c2c1. The largest absolute Gasteiger partial charge is 0.333 e. The van der Waals surface area contributed by atoms with Crippen molar-refractivity contribution in [3.8, 4) is 0 Å². The molecule has 0 radical (unpaired) electrons. The van der Waals surface area contributed by atoms with E-state index in [-0.39, 0.29) is 0 Å². The molecule has 1 aromatic carbocycles. The van der Waals surface area contributed by atoms with Crippen molar-refractivity contribution in [3.63, 3.8) is 0 Å². The van der Waals surface area contributed by atoms with Gasteiger partial charge in [0.05, 0.1) is 11.0 Å². The molecule has 4 rings (SSSR count). The van der Waals surface area contributed by atoms with E-state index in [4.69, 9.17) is 11.6 Å². The Morgan fingerprint density at radius 2 is 2.21 bits per heavy atom. The Kier molecular flexibility index (Phi) is 2.75. The molecule has 1 aliphatic carbocycles. The maximum atomic E-state index is 5.96. The van der Waals surface area contributed by atoms with E-state index < -0.39 is 0 Å². The molecule has 2 heterocycles. The molecule has 0 atom stereocenters. The van der Waals surface area contributed by atoms with Gasteiger partial charge < -0.3 is 4.98 Å². The highest BCUT2D eigenvalue weighted by Gasteiger charge is 2.28. The molecule has 0 bridgehead atoms. The van der Waals surface area contributed by atoms with E-state index in [0.29, 0.717) is 10.9 Å². The van der Waals surface area contributed by atoms with Gasteiger partial charge in [0.15, 0.2) is 9.50 Å². The van der Waals surface area contributed by atoms with Crippen LogP contribution in [-0.4, -0.2) is 19.3 Å². The maximum absolute atomic E-state index is 5.96. The summed E-state index contributed by atoms with van der Waals surface area (Å²) >= 11 is 8.92. The first kappa shape index (κ1) is 11.7. The molecule has 3 aromatic rings. The first-order valence-electron chi connectivity index (χ1n) is 5.95. The van der Waals surface area contributed by atoms with Crippen LogP contribution >= 0.6 is 34.9 Å². The summed E-state index contributed by atoms with van der Waals surface area (Å²) in [6.07, 6.45) is 2.45. The van der Waals surface area contributed by atoms with E-state index in [9.17, 15) is 0 Å². The number of hydrogen-bond acceptors (Lipinski definition) is 5. The van der Waals surface area contributed by atoms with Gasteiger partial charge in [-0.3, -0.25) is 0 Å². The monoisotopic (exact) mass is 308 g/mol. The van der Waals surface area contributed by atoms with E-state index in [1.165, 1.54) is 36.1 Å². The van der Waals surface area contributed by atoms with Gasteiger partial charge in [-0.1, -0.05) is 11.6 Å². The molecule has 7 heteroatoms. The van der Waals surface area contributed by atoms with Crippen LogP contribution in [-0.2, 0) is 0 Å². The fraction of sp³-hybridized carbons (Fsp3) is 0.250. The number of benzene rings is 1. The average Bonchev–Trinajstić information content (AvgIpc) is 3.01. The number of halogens is 1. The zero-order chi connectivity index (χ0) is 12.8. The topological polar surface area (TPSA) is 54.5 Å². The van der Waals surface area contributed by atoms with Crippen molar-refractivity contribution < 1.29 is 0 Å². The molecule has 2 aromatic heterocycles. The molecule has 0 aliphatic heterocycles. The van der Waals surface area contributed by atoms with Gasteiger partial charge in [-0.15, -0.1) is 0 Å². The summed E-state index contributed by atoms with van der Waals surface area (Å²) in [4.78, 5) is 12.3. The average molecular weight is 309 g/mol. The smallest absolute Gasteiger partial charge is 0.177 e. The van der Waals surface area contributed by atoms with Crippen molar-refractivity contribution in [3.05, 3.63) is 29.0 Å². The van der Waals surface area contributed by atoms with Crippen LogP contribution in [0, 0.1) is 0 Å². The standard InChI is InChI=1S/C12H9ClN4S2/c13-7-3-4-8-9(5-7)15-11(14-8)18-12-16-10(17-19-12)6-1-2-6/h3-6H,1-2H2,(H,14,15). The van der Waals surface area contributed by atoms with Crippen molar-refractivity contribution in [2.24, 2.45) is 0 Å². The van der Waals surface area contributed by atoms with Crippen molar-refractivity contribution in [2.75, 3.05) is 0 Å². The number of hydrogen-bond donors (Lipinski definition) is 1. The van der Waals surface area contributed by atoms with Gasteiger partial charge in [-0.25, -0.2) is 9.97 Å². The van der Waals surface area contributed by atoms with Crippen molar-refractivity contribution >= 4 is 45.9 Å². The van der Waals surface area contributed by atoms with E-state index in [2.05, 4.69) is 19.3 Å². The number of rotatable bonds is 3. The Morgan fingerprint density at radius 1 is 1.32 bits per heavy atom. The van der Waals surface area contributed by atoms with Crippen LogP contribution in [0.25, 0.3) is 11.0 Å². The minimum absolute atomic E-state index is 0.597. The third-order valence-electron chi connectivity index (χ3n) is 2.97. The minimum atomic E-state index is 0.597. The zero-order valence-corrected chi connectivity index (χ0v) is 12.1. The van der Waals surface area contributed by atoms with E-state index in [1.54, 1.807) is 0 Å². The zero-order valence-electron chi connectivity index (χ0n) is 9.76. The lowest BCUT2D eigenvalue weighted by Crippen LogP contribution is -1.81. The molecule has 96 valence electrons. The van der Waals surface area contributed by atoms with Crippen LogP contribution < -0.4 is 0 Å². The second-order valence-electron chi connectivity index (χ2n) is 4.50. The van der Waals surface area contributed by atoms with Gasteiger partial charge in [0.1, 0.15) is 5.82 Å². The van der Waals surface area contributed by atoms with Gasteiger partial charge in [0, 0.05) is 10.9 Å². The number of aromatic nitrogens is 4. The van der Waals surface area contributed by atoms with Crippen molar-refractivity contribution in [2.45, 2.75) is 28.3 Å². The molecule has 19 heavy (non-hydrogen) atoms. The molecule has 1 fully saturated rings. The summed E-state index contributed by atoms with van der Waals surface area (Å²) in [6, 6.07) is 5.63. The molecular weight excluding hydrogens is 300 g/mol. The van der Waals surface area contributed by atoms with Crippen molar-refractivity contribution in [1.29, 1.82) is 0 Å². The Balaban J connectivity index is 1.62. The quantitative estimate of drug-likeness (QED) is 0.791. The van der Waals surface area contributed by atoms with Crippen LogP contribution in [0.15, 0.2) is 27.7 Å². The van der Waals surface area contributed by atoms with Crippen LogP contribution in [0.1, 0.15) is 24.6 Å². The predicted octanol–water partition coefficient (Wildman–Crippen LogP) is 4.10. The van der Waals surface area contributed by atoms with E-state index in [0.717, 1.165) is 26.4 Å². The van der Waals surface area contributed by atoms with Gasteiger partial charge in [-0.05, 0) is 54.3 Å². The molecule has 0 unspecified atom stereocenters. The normalized spacial score (nSPS) is 15.2. The van der Waals surface area contributed by atoms with Gasteiger partial charge >= 0.3 is 0 Å². The summed E-state index contributed by atoms with van der Waals surface area (Å²) in [5, 5.41) is 1.54. The van der Waals surface area contributed by atoms with Gasteiger partial charge in [0.25, 0.3) is 0 Å². The maximum Gasteiger partial charge on any atom is 0.177 e. The van der Waals surface area contributed by atoms with Crippen molar-refractivity contribution in [1.82, 2.24) is 19.3 Å². The van der Waals surface area contributed by atoms with Crippen LogP contribution in [0.4, 0.5) is 0 Å². The lowest BCUT2D eigenvalue weighted by atomic mass is 10.3. The van der Waals surface area contributed by atoms with Gasteiger partial charge in [-0.2, -0.15) is 4.37 Å². The Labute approximate surface area is 122 Å². The minimum Gasteiger partial charge on any atom is -0.333 e. The first-order chi connectivity index (χ1) is 9.28. The van der Waals surface area contributed by atoms with E-state index >= 15 is 0 Å². The molecule has 1 N–H and O–H groups in total. The molecular formula is C12H9ClN4S2. The highest BCUT2D eigenvalue weighted by atomic mass is 35.5. The number of nitrogens with one attached hydrogen (secondary N) is 1. The fourth-order valence-corrected chi connectivity index (χ4v) is 3.63. The number of aromatic amines is 1. The Hall–Kier alpha value is -1.11. The number of fused-ring (bicyclic) bond motifs is 1. The molecule has 4 nitrogen and oxygen atoms in total. The van der Waals surface area contributed by atoms with E-state index in [1.807, 2.05) is 18.2 Å². The molecule has 1 saturated carbocycles. The second-order valence-corrected chi connectivity index (χ2v) is 6.92. The molecule has 1 aliphatic rings. The third kappa shape index (κ3) is 2.35. The number of H-pyrrole nitrogens is 1. The third-order valence-corrected chi connectivity index (χ3v) is 4.86. The molecule has 0 spiro atoms. The molecule has 0 saturated heterocycles. The summed E-state index contributed by atoms with van der Waals surface area (Å²) in [6.45, 7) is 0. The highest BCUT2D eigenvalue weighted by molar-refractivity contribution is 8.00. The lowest BCUT2D eigenvalue weighted by Gasteiger charge is -1.89. The summed E-state index contributed by atoms with van der Waals surface area (Å²) < 4.78 is 5.33. The van der Waals surface area contributed by atoms with Crippen LogP contribution in [0.5, 0.6) is 0 Å². The number of imidazole rings is 1. The van der Waals surface area contributed by atoms with Crippen LogP contribution in [0.3, 0.4) is 0 Å². The Bertz CT molecular complexity index is 747. The fourth-order valence-electron chi connectivity index (χ4n) is 1.86. The van der Waals surface area contributed by atoms with Crippen LogP contribution in [0.2, 0.25) is 5.02 Å². The summed E-state index contributed by atoms with van der Waals surface area (Å²) in [7, 11) is 0. The first-order valence-corrected chi connectivity index (χ1v) is 7.91. The number of nitrogens with zero attached hydrogens (tertiary/aromatic N) is 3. The molecule has 0 amide bonds. The lowest BCUT2D eigenvalue weighted by molar-refractivity contribution is 0.956. The Morgan fingerprint density at radius 3 is 3.05 bits per heavy atom.